The van der Waals surface area contributed by atoms with E-state index in [1.165, 1.54) is 12.5 Å². The zero-order valence-corrected chi connectivity index (χ0v) is 9.35. The molecule has 0 amide bonds. The molecule has 0 atom stereocenters. The molecule has 0 aromatic heterocycles. The molecule has 1 nitrogen and oxygen atoms in total. The molecule has 11 heavy (non-hydrogen) atoms. The smallest absolute Gasteiger partial charge is 0.0499 e. The molecule has 68 valence electrons. The van der Waals surface area contributed by atoms with Crippen molar-refractivity contribution in [2.24, 2.45) is 0 Å². The van der Waals surface area contributed by atoms with Crippen molar-refractivity contribution in [2.45, 2.75) is 51.4 Å². The highest BCUT2D eigenvalue weighted by atomic mass is 28.3. The van der Waals surface area contributed by atoms with Crippen LogP contribution in [-0.2, 0) is 0 Å². The molecular weight excluding hydrogens is 152 g/mol. The molecule has 0 unspecified atom stereocenters. The van der Waals surface area contributed by atoms with Crippen LogP contribution in [0.4, 0.5) is 0 Å². The van der Waals surface area contributed by atoms with Gasteiger partial charge in [-0.3, -0.25) is 0 Å². The number of aliphatic hydroxyl groups excluding tert-OH is 1. The zero-order valence-electron chi connectivity index (χ0n) is 8.35. The first-order valence-electron chi connectivity index (χ1n) is 4.61. The molecule has 0 aliphatic carbocycles. The van der Waals surface area contributed by atoms with Gasteiger partial charge >= 0.3 is 0 Å². The van der Waals surface area contributed by atoms with Gasteiger partial charge in [-0.2, -0.15) is 0 Å². The van der Waals surface area contributed by atoms with Crippen LogP contribution >= 0.6 is 0 Å². The summed E-state index contributed by atoms with van der Waals surface area (Å²) in [7, 11) is -0.929. The lowest BCUT2D eigenvalue weighted by Gasteiger charge is -2.26. The van der Waals surface area contributed by atoms with Crippen LogP contribution < -0.4 is 0 Å². The average Bonchev–Trinajstić information content (AvgIpc) is 1.88. The average molecular weight is 174 g/mol. The van der Waals surface area contributed by atoms with E-state index in [4.69, 9.17) is 5.11 Å². The van der Waals surface area contributed by atoms with Crippen LogP contribution in [0.15, 0.2) is 0 Å². The third-order valence-electron chi connectivity index (χ3n) is 2.79. The number of rotatable bonds is 5. The first kappa shape index (κ1) is 11.2. The molecule has 0 aromatic rings. The summed E-state index contributed by atoms with van der Waals surface area (Å²) in [6.45, 7) is 9.89. The quantitative estimate of drug-likeness (QED) is 0.502. The minimum absolute atomic E-state index is 0.364. The van der Waals surface area contributed by atoms with E-state index in [1.807, 2.05) is 0 Å². The molecule has 0 rings (SSSR count). The highest BCUT2D eigenvalue weighted by Gasteiger charge is 2.23. The van der Waals surface area contributed by atoms with Crippen molar-refractivity contribution < 1.29 is 5.11 Å². The maximum absolute atomic E-state index is 8.62. The van der Waals surface area contributed by atoms with Gasteiger partial charge in [-0.15, -0.1) is 0 Å². The number of hydrogen-bond acceptors (Lipinski definition) is 1. The first-order valence-corrected chi connectivity index (χ1v) is 7.90. The topological polar surface area (TPSA) is 20.2 Å². The Balaban J connectivity index is 3.55. The van der Waals surface area contributed by atoms with Crippen molar-refractivity contribution in [3.8, 4) is 0 Å². The molecule has 0 aliphatic rings. The van der Waals surface area contributed by atoms with E-state index in [-0.39, 0.29) is 0 Å². The standard InChI is InChI=1S/C9H22OSi/c1-9(2)11(3,4)8-6-5-7-10/h9-10H,5-8H2,1-4H3. The number of unbranched alkanes of at least 4 members (excludes halogenated alkanes) is 1. The molecule has 0 heterocycles. The Kier molecular flexibility index (Phi) is 5.02. The third kappa shape index (κ3) is 4.59. The molecule has 2 heteroatoms. The van der Waals surface area contributed by atoms with Crippen molar-refractivity contribution in [3.05, 3.63) is 0 Å². The fourth-order valence-electron chi connectivity index (χ4n) is 0.981. The second-order valence-corrected chi connectivity index (χ2v) is 9.96. The Morgan fingerprint density at radius 2 is 1.73 bits per heavy atom. The number of hydrogen-bond donors (Lipinski definition) is 1. The van der Waals surface area contributed by atoms with E-state index in [2.05, 4.69) is 26.9 Å². The largest absolute Gasteiger partial charge is 0.396 e. The summed E-state index contributed by atoms with van der Waals surface area (Å²) in [6, 6.07) is 1.37. The van der Waals surface area contributed by atoms with Crippen molar-refractivity contribution in [3.63, 3.8) is 0 Å². The Labute approximate surface area is 71.8 Å². The summed E-state index contributed by atoms with van der Waals surface area (Å²) < 4.78 is 0. The molecule has 0 fully saturated rings. The van der Waals surface area contributed by atoms with E-state index in [0.717, 1.165) is 12.0 Å². The van der Waals surface area contributed by atoms with E-state index in [9.17, 15) is 0 Å². The minimum atomic E-state index is -0.929. The Hall–Kier alpha value is 0.177. The predicted octanol–water partition coefficient (Wildman–Crippen LogP) is 2.88. The molecule has 0 aliphatic heterocycles. The van der Waals surface area contributed by atoms with Gasteiger partial charge in [0.15, 0.2) is 0 Å². The van der Waals surface area contributed by atoms with Gasteiger partial charge in [-0.25, -0.2) is 0 Å². The summed E-state index contributed by atoms with van der Waals surface area (Å²) in [6.07, 6.45) is 2.21. The Morgan fingerprint density at radius 3 is 2.09 bits per heavy atom. The van der Waals surface area contributed by atoms with Gasteiger partial charge < -0.3 is 5.11 Å². The molecule has 0 saturated heterocycles. The summed E-state index contributed by atoms with van der Waals surface area (Å²) in [5.74, 6) is 0. The molecule has 0 aromatic carbocycles. The highest BCUT2D eigenvalue weighted by molar-refractivity contribution is 6.78. The molecular formula is C9H22OSi. The lowest BCUT2D eigenvalue weighted by molar-refractivity contribution is 0.286. The van der Waals surface area contributed by atoms with Crippen LogP contribution in [-0.4, -0.2) is 19.8 Å². The van der Waals surface area contributed by atoms with E-state index in [0.29, 0.717) is 6.61 Å². The fourth-order valence-corrected chi connectivity index (χ4v) is 2.72. The molecule has 0 spiro atoms. The van der Waals surface area contributed by atoms with Gasteiger partial charge in [0, 0.05) is 14.7 Å². The van der Waals surface area contributed by atoms with Gasteiger partial charge in [0.25, 0.3) is 0 Å². The van der Waals surface area contributed by atoms with Gasteiger partial charge in [-0.05, 0) is 6.42 Å². The highest BCUT2D eigenvalue weighted by Crippen LogP contribution is 2.26. The zero-order chi connectivity index (χ0) is 8.91. The van der Waals surface area contributed by atoms with Gasteiger partial charge in [0.2, 0.25) is 0 Å². The van der Waals surface area contributed by atoms with Gasteiger partial charge in [0.05, 0.1) is 0 Å². The van der Waals surface area contributed by atoms with Crippen molar-refractivity contribution >= 4 is 8.07 Å². The Bertz CT molecular complexity index is 99.7. The normalized spacial score (nSPS) is 12.5. The predicted molar refractivity (Wildman–Crippen MR) is 53.7 cm³/mol. The molecule has 0 saturated carbocycles. The molecule has 0 bridgehead atoms. The van der Waals surface area contributed by atoms with E-state index < -0.39 is 8.07 Å². The second-order valence-electron chi connectivity index (χ2n) is 4.32. The van der Waals surface area contributed by atoms with E-state index in [1.54, 1.807) is 0 Å². The Morgan fingerprint density at radius 1 is 1.18 bits per heavy atom. The summed E-state index contributed by atoms with van der Waals surface area (Å²) in [5.41, 5.74) is 0.876. The monoisotopic (exact) mass is 174 g/mol. The summed E-state index contributed by atoms with van der Waals surface area (Å²) in [5, 5.41) is 8.62. The second kappa shape index (κ2) is 4.94. The van der Waals surface area contributed by atoms with Crippen LogP contribution in [0.5, 0.6) is 0 Å². The lowest BCUT2D eigenvalue weighted by atomic mass is 10.4. The SMILES string of the molecule is CC(C)[Si](C)(C)CCCCO. The van der Waals surface area contributed by atoms with Crippen molar-refractivity contribution in [1.82, 2.24) is 0 Å². The van der Waals surface area contributed by atoms with Crippen LogP contribution in [0, 0.1) is 0 Å². The minimum Gasteiger partial charge on any atom is -0.396 e. The fraction of sp³-hybridized carbons (Fsp3) is 1.00. The summed E-state index contributed by atoms with van der Waals surface area (Å²) in [4.78, 5) is 0. The first-order chi connectivity index (χ1) is 5.00. The van der Waals surface area contributed by atoms with Crippen LogP contribution in [0.2, 0.25) is 24.7 Å². The summed E-state index contributed by atoms with van der Waals surface area (Å²) >= 11 is 0. The van der Waals surface area contributed by atoms with Crippen molar-refractivity contribution in [1.29, 1.82) is 0 Å². The van der Waals surface area contributed by atoms with Crippen molar-refractivity contribution in [2.75, 3.05) is 6.61 Å². The van der Waals surface area contributed by atoms with Crippen LogP contribution in [0.25, 0.3) is 0 Å². The third-order valence-corrected chi connectivity index (χ3v) is 7.56. The van der Waals surface area contributed by atoms with Gasteiger partial charge in [-0.1, -0.05) is 44.9 Å². The number of aliphatic hydroxyl groups is 1. The maximum Gasteiger partial charge on any atom is 0.0499 e. The lowest BCUT2D eigenvalue weighted by Crippen LogP contribution is -2.28. The molecule has 1 N–H and O–H groups in total. The van der Waals surface area contributed by atoms with Crippen LogP contribution in [0.1, 0.15) is 26.7 Å². The van der Waals surface area contributed by atoms with E-state index >= 15 is 0 Å². The molecule has 0 radical (unpaired) electrons. The maximum atomic E-state index is 8.62. The van der Waals surface area contributed by atoms with Crippen LogP contribution in [0.3, 0.4) is 0 Å². The van der Waals surface area contributed by atoms with Gasteiger partial charge in [0.1, 0.15) is 0 Å².